The number of fused-ring (bicyclic) bond motifs is 1. The first-order valence-electron chi connectivity index (χ1n) is 5.73. The number of halogens is 1. The van der Waals surface area contributed by atoms with E-state index in [0.29, 0.717) is 10.1 Å². The van der Waals surface area contributed by atoms with Crippen molar-refractivity contribution in [1.82, 2.24) is 4.98 Å². The van der Waals surface area contributed by atoms with Gasteiger partial charge in [0.25, 0.3) is 0 Å². The second-order valence-corrected chi connectivity index (χ2v) is 5.27. The maximum atomic E-state index is 12.9. The normalized spacial score (nSPS) is 10.8. The summed E-state index contributed by atoms with van der Waals surface area (Å²) < 4.78 is 13.5. The predicted molar refractivity (Wildman–Crippen MR) is 76.4 cm³/mol. The summed E-state index contributed by atoms with van der Waals surface area (Å²) in [6.07, 6.45) is 1.25. The van der Waals surface area contributed by atoms with E-state index >= 15 is 0 Å². The minimum absolute atomic E-state index is 0.118. The first-order chi connectivity index (χ1) is 9.56. The Morgan fingerprint density at radius 2 is 2.00 bits per heavy atom. The minimum atomic E-state index is -1.05. The fourth-order valence-corrected chi connectivity index (χ4v) is 3.13. The van der Waals surface area contributed by atoms with E-state index in [0.717, 1.165) is 10.4 Å². The number of anilines is 1. The molecule has 20 heavy (non-hydrogen) atoms. The molecule has 0 atom stereocenters. The molecule has 3 N–H and O–H groups in total. The van der Waals surface area contributed by atoms with Gasteiger partial charge in [-0.2, -0.15) is 0 Å². The van der Waals surface area contributed by atoms with E-state index in [1.54, 1.807) is 18.2 Å². The summed E-state index contributed by atoms with van der Waals surface area (Å²) in [4.78, 5) is 15.9. The Balaban J connectivity index is 2.24. The highest BCUT2D eigenvalue weighted by Crippen LogP contribution is 2.37. The van der Waals surface area contributed by atoms with E-state index in [2.05, 4.69) is 4.98 Å². The van der Waals surface area contributed by atoms with Crippen LogP contribution < -0.4 is 5.73 Å². The molecule has 0 bridgehead atoms. The second kappa shape index (κ2) is 4.57. The maximum Gasteiger partial charge on any atom is 0.338 e. The Morgan fingerprint density at radius 1 is 1.30 bits per heavy atom. The number of thiophene rings is 1. The number of nitrogen functional groups attached to an aromatic ring is 1. The molecule has 3 rings (SSSR count). The monoisotopic (exact) mass is 288 g/mol. The van der Waals surface area contributed by atoms with Gasteiger partial charge in [-0.25, -0.2) is 14.2 Å². The standard InChI is InChI=1S/C14H9FN2O2S/c15-8-3-1-7(2-4-8)11-5-9-12(20-11)10(14(18)19)6-17-13(9)16/h1-6H,(H2,16,17)(H,18,19). The molecule has 100 valence electrons. The molecule has 0 fully saturated rings. The van der Waals surface area contributed by atoms with Crippen LogP contribution in [-0.2, 0) is 0 Å². The van der Waals surface area contributed by atoms with Gasteiger partial charge in [-0.15, -0.1) is 11.3 Å². The number of carboxylic acid groups (broad SMARTS) is 1. The number of carbonyl (C=O) groups is 1. The summed E-state index contributed by atoms with van der Waals surface area (Å²) in [6, 6.07) is 7.79. The average Bonchev–Trinajstić information content (AvgIpc) is 2.85. The summed E-state index contributed by atoms with van der Waals surface area (Å²) >= 11 is 1.30. The van der Waals surface area contributed by atoms with Crippen molar-refractivity contribution in [3.63, 3.8) is 0 Å². The fraction of sp³-hybridized carbons (Fsp3) is 0. The Kier molecular flexibility index (Phi) is 2.87. The molecule has 0 aliphatic carbocycles. The molecule has 2 heterocycles. The Morgan fingerprint density at radius 3 is 2.65 bits per heavy atom. The van der Waals surface area contributed by atoms with Gasteiger partial charge in [0.15, 0.2) is 0 Å². The van der Waals surface area contributed by atoms with E-state index in [4.69, 9.17) is 10.8 Å². The Bertz CT molecular complexity index is 812. The molecule has 0 radical (unpaired) electrons. The molecule has 0 amide bonds. The van der Waals surface area contributed by atoms with Crippen LogP contribution in [0.1, 0.15) is 10.4 Å². The highest BCUT2D eigenvalue weighted by atomic mass is 32.1. The summed E-state index contributed by atoms with van der Waals surface area (Å²) in [5.74, 6) is -1.08. The van der Waals surface area contributed by atoms with Crippen LogP contribution in [0.3, 0.4) is 0 Å². The minimum Gasteiger partial charge on any atom is -0.478 e. The van der Waals surface area contributed by atoms with Gasteiger partial charge in [-0.05, 0) is 23.8 Å². The smallest absolute Gasteiger partial charge is 0.338 e. The third-order valence-electron chi connectivity index (χ3n) is 2.94. The van der Waals surface area contributed by atoms with Crippen LogP contribution in [0.15, 0.2) is 36.5 Å². The van der Waals surface area contributed by atoms with Gasteiger partial charge >= 0.3 is 5.97 Å². The zero-order chi connectivity index (χ0) is 14.3. The van der Waals surface area contributed by atoms with Gasteiger partial charge in [0.05, 0.1) is 10.3 Å². The van der Waals surface area contributed by atoms with E-state index in [9.17, 15) is 9.18 Å². The maximum absolute atomic E-state index is 12.9. The molecule has 4 nitrogen and oxygen atoms in total. The number of hydrogen-bond donors (Lipinski definition) is 2. The van der Waals surface area contributed by atoms with Crippen LogP contribution in [0.5, 0.6) is 0 Å². The van der Waals surface area contributed by atoms with Crippen molar-refractivity contribution in [3.8, 4) is 10.4 Å². The lowest BCUT2D eigenvalue weighted by Gasteiger charge is -1.98. The number of pyridine rings is 1. The van der Waals surface area contributed by atoms with Crippen LogP contribution in [0, 0.1) is 5.82 Å². The molecule has 0 saturated heterocycles. The number of carboxylic acids is 1. The lowest BCUT2D eigenvalue weighted by molar-refractivity contribution is 0.0699. The molecule has 2 aromatic heterocycles. The molecule has 3 aromatic rings. The van der Waals surface area contributed by atoms with E-state index in [-0.39, 0.29) is 17.2 Å². The molecule has 0 aliphatic heterocycles. The van der Waals surface area contributed by atoms with E-state index in [1.807, 2.05) is 0 Å². The number of nitrogens with two attached hydrogens (primary N) is 1. The Hall–Kier alpha value is -2.47. The third-order valence-corrected chi connectivity index (χ3v) is 4.16. The number of benzene rings is 1. The summed E-state index contributed by atoms with van der Waals surface area (Å²) in [6.45, 7) is 0. The van der Waals surface area contributed by atoms with Crippen molar-refractivity contribution in [1.29, 1.82) is 0 Å². The first-order valence-corrected chi connectivity index (χ1v) is 6.55. The van der Waals surface area contributed by atoms with E-state index < -0.39 is 5.97 Å². The largest absolute Gasteiger partial charge is 0.478 e. The molecule has 6 heteroatoms. The van der Waals surface area contributed by atoms with E-state index in [1.165, 1.54) is 29.7 Å². The second-order valence-electron chi connectivity index (χ2n) is 4.22. The quantitative estimate of drug-likeness (QED) is 0.758. The van der Waals surface area contributed by atoms with Crippen LogP contribution in [0.25, 0.3) is 20.5 Å². The van der Waals surface area contributed by atoms with Crippen molar-refractivity contribution >= 4 is 33.2 Å². The fourth-order valence-electron chi connectivity index (χ4n) is 1.95. The van der Waals surface area contributed by atoms with Crippen LogP contribution in [0.2, 0.25) is 0 Å². The molecule has 0 spiro atoms. The van der Waals surface area contributed by atoms with Gasteiger partial charge in [0, 0.05) is 16.5 Å². The zero-order valence-corrected chi connectivity index (χ0v) is 10.9. The van der Waals surface area contributed by atoms with Gasteiger partial charge in [0.1, 0.15) is 11.6 Å². The van der Waals surface area contributed by atoms with Crippen molar-refractivity contribution in [2.45, 2.75) is 0 Å². The molecule has 1 aromatic carbocycles. The molecule has 0 unspecified atom stereocenters. The van der Waals surface area contributed by atoms with Gasteiger partial charge in [-0.3, -0.25) is 0 Å². The van der Waals surface area contributed by atoms with Crippen LogP contribution in [0.4, 0.5) is 10.2 Å². The SMILES string of the molecule is Nc1ncc(C(=O)O)c2sc(-c3ccc(F)cc3)cc12. The molecule has 0 aliphatic rings. The average molecular weight is 288 g/mol. The van der Waals surface area contributed by atoms with Crippen molar-refractivity contribution < 1.29 is 14.3 Å². The predicted octanol–water partition coefficient (Wildman–Crippen LogP) is 3.38. The Labute approximate surface area is 117 Å². The molecular formula is C14H9FN2O2S. The molecular weight excluding hydrogens is 279 g/mol. The van der Waals surface area contributed by atoms with Gasteiger partial charge < -0.3 is 10.8 Å². The summed E-state index contributed by atoms with van der Waals surface area (Å²) in [7, 11) is 0. The van der Waals surface area contributed by atoms with Crippen molar-refractivity contribution in [2.24, 2.45) is 0 Å². The van der Waals surface area contributed by atoms with Crippen LogP contribution in [-0.4, -0.2) is 16.1 Å². The number of hydrogen-bond acceptors (Lipinski definition) is 4. The summed E-state index contributed by atoms with van der Waals surface area (Å²) in [5.41, 5.74) is 6.71. The van der Waals surface area contributed by atoms with Crippen molar-refractivity contribution in [3.05, 3.63) is 47.9 Å². The zero-order valence-electron chi connectivity index (χ0n) is 10.1. The molecule has 0 saturated carbocycles. The number of rotatable bonds is 2. The number of aromatic carboxylic acids is 1. The highest BCUT2D eigenvalue weighted by Gasteiger charge is 2.15. The van der Waals surface area contributed by atoms with Crippen molar-refractivity contribution in [2.75, 3.05) is 5.73 Å². The third kappa shape index (κ3) is 2.00. The first kappa shape index (κ1) is 12.6. The number of aromatic nitrogens is 1. The lowest BCUT2D eigenvalue weighted by atomic mass is 10.1. The van der Waals surface area contributed by atoms with Gasteiger partial charge in [-0.1, -0.05) is 12.1 Å². The lowest BCUT2D eigenvalue weighted by Crippen LogP contribution is -1.99. The van der Waals surface area contributed by atoms with Gasteiger partial charge in [0.2, 0.25) is 0 Å². The topological polar surface area (TPSA) is 76.2 Å². The number of nitrogens with zero attached hydrogens (tertiary/aromatic N) is 1. The highest BCUT2D eigenvalue weighted by molar-refractivity contribution is 7.22. The van der Waals surface area contributed by atoms with Crippen LogP contribution >= 0.6 is 11.3 Å². The summed E-state index contributed by atoms with van der Waals surface area (Å²) in [5, 5.41) is 9.77.